The molecule has 3 rings (SSSR count). The molecule has 0 spiro atoms. The van der Waals surface area contributed by atoms with Gasteiger partial charge in [0.05, 0.1) is 13.2 Å². The number of ether oxygens (including phenoxy) is 4. The van der Waals surface area contributed by atoms with E-state index in [-0.39, 0.29) is 11.5 Å². The summed E-state index contributed by atoms with van der Waals surface area (Å²) in [4.78, 5) is 50.4. The topological polar surface area (TPSA) is 186 Å². The second kappa shape index (κ2) is 19.1. The molecule has 0 aliphatic carbocycles. The maximum absolute atomic E-state index is 12.6. The quantitative estimate of drug-likeness (QED) is 0.0782. The van der Waals surface area contributed by atoms with Gasteiger partial charge in [-0.05, 0) is 73.2 Å². The second-order valence-electron chi connectivity index (χ2n) is 12.0. The van der Waals surface area contributed by atoms with Gasteiger partial charge in [0.2, 0.25) is 0 Å². The number of carboxylic acid groups (broad SMARTS) is 4. The van der Waals surface area contributed by atoms with Crippen molar-refractivity contribution in [2.24, 2.45) is 11.8 Å². The van der Waals surface area contributed by atoms with Crippen LogP contribution in [0.15, 0.2) is 48.5 Å². The second-order valence-corrected chi connectivity index (χ2v) is 12.0. The molecule has 0 aliphatic heterocycles. The molecule has 3 aromatic rings. The molecule has 0 bridgehead atoms. The van der Waals surface area contributed by atoms with Crippen molar-refractivity contribution < 1.29 is 58.6 Å². The average Bonchev–Trinajstić information content (AvgIpc) is 3.09. The molecule has 0 radical (unpaired) electrons. The van der Waals surface area contributed by atoms with Gasteiger partial charge >= 0.3 is 23.9 Å². The van der Waals surface area contributed by atoms with Crippen molar-refractivity contribution in [3.8, 4) is 34.5 Å². The van der Waals surface area contributed by atoms with E-state index in [2.05, 4.69) is 27.7 Å². The van der Waals surface area contributed by atoms with Crippen LogP contribution in [0.3, 0.4) is 0 Å². The van der Waals surface area contributed by atoms with Crippen molar-refractivity contribution in [3.05, 3.63) is 70.8 Å². The predicted molar refractivity (Wildman–Crippen MR) is 185 cm³/mol. The van der Waals surface area contributed by atoms with Crippen LogP contribution >= 0.6 is 0 Å². The molecule has 0 fully saturated rings. The molecular weight excluding hydrogens is 648 g/mol. The van der Waals surface area contributed by atoms with E-state index >= 15 is 0 Å². The normalized spacial score (nSPS) is 12.1. The molecule has 3 aromatic carbocycles. The number of unbranched alkanes of at least 4 members (excludes halogenated alkanes) is 2. The van der Waals surface area contributed by atoms with Crippen LogP contribution in [0.2, 0.25) is 0 Å². The molecule has 0 saturated carbocycles. The first-order chi connectivity index (χ1) is 23.9. The average molecular weight is 695 g/mol. The van der Waals surface area contributed by atoms with Crippen molar-refractivity contribution >= 4 is 23.9 Å². The maximum atomic E-state index is 12.6. The van der Waals surface area contributed by atoms with Gasteiger partial charge in [0, 0.05) is 0 Å². The van der Waals surface area contributed by atoms with E-state index in [9.17, 15) is 39.6 Å². The van der Waals surface area contributed by atoms with E-state index in [4.69, 9.17) is 18.9 Å². The Morgan fingerprint density at radius 3 is 1.02 bits per heavy atom. The molecule has 12 heteroatoms. The molecule has 0 amide bonds. The molecule has 2 unspecified atom stereocenters. The molecule has 50 heavy (non-hydrogen) atoms. The Morgan fingerprint density at radius 2 is 0.780 bits per heavy atom. The fourth-order valence-corrected chi connectivity index (χ4v) is 5.39. The van der Waals surface area contributed by atoms with E-state index in [0.717, 1.165) is 51.4 Å². The highest BCUT2D eigenvalue weighted by molar-refractivity contribution is 6.15. The van der Waals surface area contributed by atoms with Crippen molar-refractivity contribution in [1.82, 2.24) is 0 Å². The lowest BCUT2D eigenvalue weighted by molar-refractivity contribution is 0.0626. The molecule has 4 N–H and O–H groups in total. The number of carboxylic acids is 4. The zero-order valence-corrected chi connectivity index (χ0v) is 28.9. The van der Waals surface area contributed by atoms with Gasteiger partial charge in [0.25, 0.3) is 0 Å². The molecule has 2 atom stereocenters. The fraction of sp³-hybridized carbons (Fsp3) is 0.421. The fourth-order valence-electron chi connectivity index (χ4n) is 5.39. The Balaban J connectivity index is 2.02. The van der Waals surface area contributed by atoms with Gasteiger partial charge in [-0.15, -0.1) is 0 Å². The number of benzene rings is 3. The van der Waals surface area contributed by atoms with E-state index in [0.29, 0.717) is 36.5 Å². The Bertz CT molecular complexity index is 1440. The van der Waals surface area contributed by atoms with Crippen molar-refractivity contribution in [2.45, 2.75) is 79.1 Å². The summed E-state index contributed by atoms with van der Waals surface area (Å²) in [6.45, 7) is 9.34. The zero-order chi connectivity index (χ0) is 36.8. The van der Waals surface area contributed by atoms with Crippen LogP contribution in [0.1, 0.15) is 120 Å². The number of hydrogen-bond acceptors (Lipinski definition) is 8. The van der Waals surface area contributed by atoms with E-state index in [1.165, 1.54) is 48.5 Å². The highest BCUT2D eigenvalue weighted by Gasteiger charge is 2.39. The van der Waals surface area contributed by atoms with Crippen molar-refractivity contribution in [1.29, 1.82) is 0 Å². The van der Waals surface area contributed by atoms with Crippen molar-refractivity contribution in [3.63, 3.8) is 0 Å². The number of rotatable bonds is 22. The Labute approximate surface area is 291 Å². The first-order valence-electron chi connectivity index (χ1n) is 16.9. The summed E-state index contributed by atoms with van der Waals surface area (Å²) in [6, 6.07) is 11.6. The monoisotopic (exact) mass is 694 g/mol. The molecule has 0 aliphatic rings. The van der Waals surface area contributed by atoms with Gasteiger partial charge in [-0.1, -0.05) is 66.2 Å². The van der Waals surface area contributed by atoms with Crippen LogP contribution in [0, 0.1) is 11.8 Å². The smallest absolute Gasteiger partial charge is 0.340 e. The Kier molecular flexibility index (Phi) is 14.9. The highest BCUT2D eigenvalue weighted by Crippen LogP contribution is 2.43. The summed E-state index contributed by atoms with van der Waals surface area (Å²) in [7, 11) is 0. The van der Waals surface area contributed by atoms with Crippen LogP contribution in [0.5, 0.6) is 34.5 Å². The minimum absolute atomic E-state index is 0.0858. The number of hydrogen-bond donors (Lipinski definition) is 4. The Hall–Kier alpha value is -5.26. The lowest BCUT2D eigenvalue weighted by Crippen LogP contribution is -2.20. The first kappa shape index (κ1) is 39.2. The minimum Gasteiger partial charge on any atom is -0.493 e. The van der Waals surface area contributed by atoms with Gasteiger partial charge in [0.1, 0.15) is 45.3 Å². The third-order valence-corrected chi connectivity index (χ3v) is 8.41. The summed E-state index contributed by atoms with van der Waals surface area (Å²) >= 11 is 0. The predicted octanol–water partition coefficient (Wildman–Crippen LogP) is 9.25. The highest BCUT2D eigenvalue weighted by atomic mass is 16.5. The van der Waals surface area contributed by atoms with Gasteiger partial charge in [-0.3, -0.25) is 0 Å². The molecule has 0 aromatic heterocycles. The van der Waals surface area contributed by atoms with Crippen LogP contribution < -0.4 is 18.9 Å². The van der Waals surface area contributed by atoms with Crippen LogP contribution in [-0.4, -0.2) is 57.5 Å². The molecular formula is C38H46O12. The lowest BCUT2D eigenvalue weighted by atomic mass is 9.94. The van der Waals surface area contributed by atoms with E-state index in [1.54, 1.807) is 0 Å². The van der Waals surface area contributed by atoms with Gasteiger partial charge in [0.15, 0.2) is 11.5 Å². The molecule has 0 saturated heterocycles. The van der Waals surface area contributed by atoms with Crippen LogP contribution in [-0.2, 0) is 0 Å². The SMILES string of the molecule is CCCCC(CC)COc1ccc(Oc2c(C(=O)O)c(C(=O)O)c(Oc3ccc(OCC(CC)CCCC)cc3)c(C(=O)O)c2C(=O)O)cc1. The van der Waals surface area contributed by atoms with E-state index in [1.807, 2.05) is 0 Å². The largest absolute Gasteiger partial charge is 0.493 e. The maximum Gasteiger partial charge on any atom is 0.340 e. The molecule has 12 nitrogen and oxygen atoms in total. The first-order valence-corrected chi connectivity index (χ1v) is 16.9. The third-order valence-electron chi connectivity index (χ3n) is 8.41. The molecule has 270 valence electrons. The summed E-state index contributed by atoms with van der Waals surface area (Å²) in [5.41, 5.74) is -4.41. The van der Waals surface area contributed by atoms with Crippen molar-refractivity contribution in [2.75, 3.05) is 13.2 Å². The number of aromatic carboxylic acids is 4. The molecule has 0 heterocycles. The van der Waals surface area contributed by atoms with Crippen LogP contribution in [0.4, 0.5) is 0 Å². The lowest BCUT2D eigenvalue weighted by Gasteiger charge is -2.20. The minimum atomic E-state index is -1.88. The van der Waals surface area contributed by atoms with E-state index < -0.39 is 57.6 Å². The summed E-state index contributed by atoms with van der Waals surface area (Å²) in [5, 5.41) is 40.8. The Morgan fingerprint density at radius 1 is 0.500 bits per heavy atom. The zero-order valence-electron chi connectivity index (χ0n) is 28.9. The van der Waals surface area contributed by atoms with Gasteiger partial charge < -0.3 is 39.4 Å². The summed E-state index contributed by atoms with van der Waals surface area (Å²) < 4.78 is 23.1. The van der Waals surface area contributed by atoms with Crippen LogP contribution in [0.25, 0.3) is 0 Å². The van der Waals surface area contributed by atoms with Gasteiger partial charge in [-0.2, -0.15) is 0 Å². The number of carbonyl (C=O) groups is 4. The summed E-state index contributed by atoms with van der Waals surface area (Å²) in [6.07, 6.45) is 8.20. The van der Waals surface area contributed by atoms with Gasteiger partial charge in [-0.25, -0.2) is 19.2 Å². The third kappa shape index (κ3) is 10.4. The standard InChI is InChI=1S/C38H46O12/c1-5-9-11-23(7-3)21-47-25-13-17-27(18-14-25)49-33-29(35(39)40)31(37(43)44)34(32(38(45)46)30(33)36(41)42)50-28-19-15-26(16-20-28)48-22-24(8-4)12-10-6-2/h13-20,23-24H,5-12,21-22H2,1-4H3,(H,39,40)(H,41,42)(H,43,44)(H,45,46). The summed E-state index contributed by atoms with van der Waals surface area (Å²) in [5.74, 6) is -7.99.